The number of carbonyl (C=O) groups excluding carboxylic acids is 2. The van der Waals surface area contributed by atoms with E-state index in [1.165, 1.54) is 18.2 Å². The Morgan fingerprint density at radius 3 is 2.53 bits per heavy atom. The molecule has 2 aromatic rings. The highest BCUT2D eigenvalue weighted by atomic mass is 32.2. The van der Waals surface area contributed by atoms with E-state index in [0.29, 0.717) is 40.3 Å². The fourth-order valence-corrected chi connectivity index (χ4v) is 3.50. The number of carboxylic acids is 1. The number of amides is 2. The number of benzene rings is 2. The predicted molar refractivity (Wildman–Crippen MR) is 109 cm³/mol. The molecule has 0 aromatic heterocycles. The fraction of sp³-hybridized carbons (Fsp3) is 0.190. The Bertz CT molecular complexity index is 1010. The molecule has 0 spiro atoms. The molecule has 2 amide bonds. The van der Waals surface area contributed by atoms with E-state index in [4.69, 9.17) is 14.6 Å². The van der Waals surface area contributed by atoms with Crippen LogP contribution in [0.5, 0.6) is 11.5 Å². The maximum atomic E-state index is 13.0. The molecule has 1 heterocycles. The van der Waals surface area contributed by atoms with Crippen LogP contribution in [-0.4, -0.2) is 40.3 Å². The quantitative estimate of drug-likeness (QED) is 0.633. The molecule has 0 bridgehead atoms. The van der Waals surface area contributed by atoms with Crippen molar-refractivity contribution in [2.45, 2.75) is 13.5 Å². The summed E-state index contributed by atoms with van der Waals surface area (Å²) in [5.41, 5.74) is 1.38. The first-order valence-corrected chi connectivity index (χ1v) is 9.80. The molecule has 9 heteroatoms. The van der Waals surface area contributed by atoms with E-state index in [1.807, 2.05) is 6.92 Å². The number of halogens is 1. The molecule has 1 saturated heterocycles. The second-order valence-corrected chi connectivity index (χ2v) is 7.21. The highest BCUT2D eigenvalue weighted by Crippen LogP contribution is 2.34. The smallest absolute Gasteiger partial charge is 0.323 e. The van der Waals surface area contributed by atoms with Crippen LogP contribution in [0.25, 0.3) is 6.08 Å². The van der Waals surface area contributed by atoms with Crippen LogP contribution in [0.15, 0.2) is 47.4 Å². The van der Waals surface area contributed by atoms with Gasteiger partial charge in [0.05, 0.1) is 11.5 Å². The second kappa shape index (κ2) is 9.45. The molecule has 0 saturated carbocycles. The number of rotatable bonds is 8. The Balaban J connectivity index is 1.78. The number of imide groups is 1. The summed E-state index contributed by atoms with van der Waals surface area (Å²) in [4.78, 5) is 35.8. The third-order valence-electron chi connectivity index (χ3n) is 4.04. The lowest BCUT2D eigenvalue weighted by molar-refractivity contribution is -0.140. The van der Waals surface area contributed by atoms with E-state index >= 15 is 0 Å². The highest BCUT2D eigenvalue weighted by Gasteiger charge is 2.36. The Morgan fingerprint density at radius 2 is 1.87 bits per heavy atom. The van der Waals surface area contributed by atoms with Gasteiger partial charge in [-0.15, -0.1) is 0 Å². The van der Waals surface area contributed by atoms with Crippen LogP contribution in [0.4, 0.5) is 9.18 Å². The van der Waals surface area contributed by atoms with Crippen molar-refractivity contribution in [2.24, 2.45) is 0 Å². The van der Waals surface area contributed by atoms with Crippen molar-refractivity contribution in [3.05, 3.63) is 64.3 Å². The average Bonchev–Trinajstić information content (AvgIpc) is 2.96. The average molecular weight is 431 g/mol. The van der Waals surface area contributed by atoms with E-state index in [9.17, 15) is 18.8 Å². The van der Waals surface area contributed by atoms with Crippen LogP contribution in [0, 0.1) is 5.82 Å². The Kier molecular flexibility index (Phi) is 6.73. The normalized spacial score (nSPS) is 15.0. The molecule has 7 nitrogen and oxygen atoms in total. The molecule has 3 rings (SSSR count). The maximum absolute atomic E-state index is 13.0. The van der Waals surface area contributed by atoms with E-state index in [-0.39, 0.29) is 17.3 Å². The van der Waals surface area contributed by atoms with E-state index in [1.54, 1.807) is 30.3 Å². The SMILES string of the molecule is CCOc1cc(/C=C2/SC(=O)N(CC(=O)O)C2=O)ccc1OCc1ccc(F)cc1. The van der Waals surface area contributed by atoms with Crippen molar-refractivity contribution < 1.29 is 33.4 Å². The molecule has 0 atom stereocenters. The molecule has 1 aliphatic rings. The number of aliphatic carboxylic acids is 1. The van der Waals surface area contributed by atoms with Crippen molar-refractivity contribution >= 4 is 35.0 Å². The number of hydrogen-bond acceptors (Lipinski definition) is 6. The van der Waals surface area contributed by atoms with Gasteiger partial charge in [-0.1, -0.05) is 18.2 Å². The molecule has 30 heavy (non-hydrogen) atoms. The van der Waals surface area contributed by atoms with Gasteiger partial charge in [-0.2, -0.15) is 0 Å². The molecule has 1 aliphatic heterocycles. The molecule has 1 fully saturated rings. The molecule has 156 valence electrons. The molecular weight excluding hydrogens is 413 g/mol. The predicted octanol–water partition coefficient (Wildman–Crippen LogP) is 3.92. The van der Waals surface area contributed by atoms with E-state index in [2.05, 4.69) is 0 Å². The summed E-state index contributed by atoms with van der Waals surface area (Å²) < 4.78 is 24.4. The van der Waals surface area contributed by atoms with Crippen LogP contribution in [0.1, 0.15) is 18.1 Å². The Hall–Kier alpha value is -3.33. The third kappa shape index (κ3) is 5.18. The van der Waals surface area contributed by atoms with Gasteiger partial charge in [-0.05, 0) is 60.2 Å². The van der Waals surface area contributed by atoms with Crippen LogP contribution >= 0.6 is 11.8 Å². The first-order valence-electron chi connectivity index (χ1n) is 8.98. The lowest BCUT2D eigenvalue weighted by Crippen LogP contribution is -2.33. The minimum Gasteiger partial charge on any atom is -0.490 e. The summed E-state index contributed by atoms with van der Waals surface area (Å²) in [6, 6.07) is 11.0. The summed E-state index contributed by atoms with van der Waals surface area (Å²) in [7, 11) is 0. The fourth-order valence-electron chi connectivity index (χ4n) is 2.67. The van der Waals surface area contributed by atoms with Gasteiger partial charge in [0.1, 0.15) is 19.0 Å². The van der Waals surface area contributed by atoms with E-state index < -0.39 is 23.7 Å². The Morgan fingerprint density at radius 1 is 1.13 bits per heavy atom. The minimum absolute atomic E-state index is 0.128. The largest absolute Gasteiger partial charge is 0.490 e. The summed E-state index contributed by atoms with van der Waals surface area (Å²) >= 11 is 0.683. The monoisotopic (exact) mass is 431 g/mol. The van der Waals surface area contributed by atoms with Gasteiger partial charge in [-0.25, -0.2) is 4.39 Å². The van der Waals surface area contributed by atoms with Gasteiger partial charge in [0.2, 0.25) is 0 Å². The number of thioether (sulfide) groups is 1. The van der Waals surface area contributed by atoms with Gasteiger partial charge < -0.3 is 14.6 Å². The van der Waals surface area contributed by atoms with Crippen molar-refractivity contribution in [1.82, 2.24) is 4.90 Å². The third-order valence-corrected chi connectivity index (χ3v) is 4.95. The zero-order valence-electron chi connectivity index (χ0n) is 16.0. The maximum Gasteiger partial charge on any atom is 0.323 e. The Labute approximate surface area is 176 Å². The molecular formula is C21H18FNO6S. The van der Waals surface area contributed by atoms with Crippen molar-refractivity contribution in [1.29, 1.82) is 0 Å². The van der Waals surface area contributed by atoms with Crippen LogP contribution in [0.2, 0.25) is 0 Å². The lowest BCUT2D eigenvalue weighted by Gasteiger charge is -2.13. The van der Waals surface area contributed by atoms with Gasteiger partial charge in [0.25, 0.3) is 11.1 Å². The lowest BCUT2D eigenvalue weighted by atomic mass is 10.1. The van der Waals surface area contributed by atoms with Crippen LogP contribution in [-0.2, 0) is 16.2 Å². The standard InChI is InChI=1S/C21H18FNO6S/c1-2-28-17-9-14(10-18-20(26)23(11-19(24)25)21(27)30-18)5-8-16(17)29-12-13-3-6-15(22)7-4-13/h3-10H,2,11-12H2,1H3,(H,24,25)/b18-10+. The van der Waals surface area contributed by atoms with Crippen molar-refractivity contribution in [3.8, 4) is 11.5 Å². The minimum atomic E-state index is -1.26. The van der Waals surface area contributed by atoms with E-state index in [0.717, 1.165) is 5.56 Å². The zero-order valence-corrected chi connectivity index (χ0v) is 16.8. The topological polar surface area (TPSA) is 93.1 Å². The molecule has 1 N–H and O–H groups in total. The van der Waals surface area contributed by atoms with Gasteiger partial charge in [0, 0.05) is 0 Å². The highest BCUT2D eigenvalue weighted by molar-refractivity contribution is 8.18. The van der Waals surface area contributed by atoms with Crippen LogP contribution < -0.4 is 9.47 Å². The summed E-state index contributed by atoms with van der Waals surface area (Å²) in [5.74, 6) is -1.33. The van der Waals surface area contributed by atoms with Gasteiger partial charge in [-0.3, -0.25) is 19.3 Å². The number of hydrogen-bond donors (Lipinski definition) is 1. The zero-order chi connectivity index (χ0) is 21.7. The first kappa shape index (κ1) is 21.4. The first-order chi connectivity index (χ1) is 14.4. The van der Waals surface area contributed by atoms with Crippen molar-refractivity contribution in [2.75, 3.05) is 13.2 Å². The number of carbonyl (C=O) groups is 3. The number of ether oxygens (including phenoxy) is 2. The van der Waals surface area contributed by atoms with Gasteiger partial charge >= 0.3 is 5.97 Å². The number of nitrogens with zero attached hydrogens (tertiary/aromatic N) is 1. The second-order valence-electron chi connectivity index (χ2n) is 6.22. The van der Waals surface area contributed by atoms with Gasteiger partial charge in [0.15, 0.2) is 11.5 Å². The van der Waals surface area contributed by atoms with Crippen LogP contribution in [0.3, 0.4) is 0 Å². The molecule has 2 aromatic carbocycles. The molecule has 0 aliphatic carbocycles. The van der Waals surface area contributed by atoms with Crippen molar-refractivity contribution in [3.63, 3.8) is 0 Å². The number of carboxylic acid groups (broad SMARTS) is 1. The summed E-state index contributed by atoms with van der Waals surface area (Å²) in [5, 5.41) is 8.21. The molecule has 0 unspecified atom stereocenters. The molecule has 0 radical (unpaired) electrons. The summed E-state index contributed by atoms with van der Waals surface area (Å²) in [6.07, 6.45) is 1.50. The summed E-state index contributed by atoms with van der Waals surface area (Å²) in [6.45, 7) is 1.73.